The first-order chi connectivity index (χ1) is 14.0. The second-order valence-corrected chi connectivity index (χ2v) is 7.08. The lowest BCUT2D eigenvalue weighted by molar-refractivity contribution is -0.145. The number of para-hydroxylation sites is 1. The van der Waals surface area contributed by atoms with E-state index >= 15 is 0 Å². The number of phenolic OH excluding ortho intramolecular Hbond substituents is 1. The Balaban J connectivity index is 1.67. The first kappa shape index (κ1) is 18.9. The summed E-state index contributed by atoms with van der Waals surface area (Å²) >= 11 is 0. The Morgan fingerprint density at radius 3 is 2.66 bits per heavy atom. The van der Waals surface area contributed by atoms with Crippen LogP contribution in [0, 0.1) is 5.92 Å². The van der Waals surface area contributed by atoms with E-state index in [0.29, 0.717) is 29.0 Å². The van der Waals surface area contributed by atoms with E-state index in [9.17, 15) is 19.8 Å². The van der Waals surface area contributed by atoms with Crippen LogP contribution >= 0.6 is 0 Å². The summed E-state index contributed by atoms with van der Waals surface area (Å²) in [6, 6.07) is 11.9. The average molecular weight is 395 g/mol. The van der Waals surface area contributed by atoms with Gasteiger partial charge in [0.1, 0.15) is 23.7 Å². The standard InChI is InChI=1S/C21H21N3O5/c1-29-21(28)16-10-24(9-15(16)12-5-7-13(26)8-6-12)20(27)14-3-2-4-17-19(14)23-18(11-25)22-17/h2-8,15-16,25-26H,9-11H2,1H3,(H,22,23)/t15-,16+/m0/s1. The van der Waals surface area contributed by atoms with Gasteiger partial charge in [-0.25, -0.2) is 4.98 Å². The van der Waals surface area contributed by atoms with Crippen LogP contribution in [0.3, 0.4) is 0 Å². The van der Waals surface area contributed by atoms with Gasteiger partial charge in [0, 0.05) is 19.0 Å². The number of aliphatic hydroxyl groups is 1. The molecule has 0 radical (unpaired) electrons. The third kappa shape index (κ3) is 3.42. The van der Waals surface area contributed by atoms with Crippen molar-refractivity contribution in [1.82, 2.24) is 14.9 Å². The predicted octanol–water partition coefficient (Wildman–Crippen LogP) is 1.79. The number of nitrogens with one attached hydrogen (secondary N) is 1. The minimum atomic E-state index is -0.500. The summed E-state index contributed by atoms with van der Waals surface area (Å²) in [4.78, 5) is 34.5. The van der Waals surface area contributed by atoms with Gasteiger partial charge >= 0.3 is 5.97 Å². The Hall–Kier alpha value is -3.39. The van der Waals surface area contributed by atoms with Gasteiger partial charge in [0.05, 0.1) is 24.1 Å². The Morgan fingerprint density at radius 2 is 1.97 bits per heavy atom. The van der Waals surface area contributed by atoms with E-state index in [1.807, 2.05) is 0 Å². The van der Waals surface area contributed by atoms with Gasteiger partial charge in [-0.2, -0.15) is 0 Å². The lowest BCUT2D eigenvalue weighted by atomic mass is 9.89. The molecule has 1 aromatic heterocycles. The van der Waals surface area contributed by atoms with Crippen molar-refractivity contribution in [2.75, 3.05) is 20.2 Å². The number of aromatic amines is 1. The Kier molecular flexibility index (Phi) is 4.94. The fourth-order valence-electron chi connectivity index (χ4n) is 3.92. The SMILES string of the molecule is COC(=O)[C@@H]1CN(C(=O)c2cccc3[nH]c(CO)nc23)C[C@H]1c1ccc(O)cc1. The summed E-state index contributed by atoms with van der Waals surface area (Å²) in [6.45, 7) is 0.321. The largest absolute Gasteiger partial charge is 0.508 e. The molecule has 8 heteroatoms. The highest BCUT2D eigenvalue weighted by atomic mass is 16.5. The number of phenols is 1. The van der Waals surface area contributed by atoms with Gasteiger partial charge in [-0.3, -0.25) is 9.59 Å². The van der Waals surface area contributed by atoms with Gasteiger partial charge in [0.25, 0.3) is 5.91 Å². The first-order valence-electron chi connectivity index (χ1n) is 9.26. The van der Waals surface area contributed by atoms with Crippen molar-refractivity contribution in [3.63, 3.8) is 0 Å². The van der Waals surface area contributed by atoms with E-state index in [1.165, 1.54) is 7.11 Å². The molecule has 0 saturated carbocycles. The van der Waals surface area contributed by atoms with Crippen LogP contribution in [0.1, 0.15) is 27.7 Å². The van der Waals surface area contributed by atoms with E-state index in [2.05, 4.69) is 9.97 Å². The number of H-pyrrole nitrogens is 1. The molecule has 1 aliphatic heterocycles. The average Bonchev–Trinajstić information content (AvgIpc) is 3.37. The number of hydrogen-bond acceptors (Lipinski definition) is 6. The second-order valence-electron chi connectivity index (χ2n) is 7.08. The number of imidazole rings is 1. The molecular formula is C21H21N3O5. The number of aromatic nitrogens is 2. The second kappa shape index (κ2) is 7.56. The minimum absolute atomic E-state index is 0.138. The number of rotatable bonds is 4. The number of nitrogens with zero attached hydrogens (tertiary/aromatic N) is 2. The van der Waals surface area contributed by atoms with Crippen LogP contribution < -0.4 is 0 Å². The number of amides is 1. The van der Waals surface area contributed by atoms with Crippen molar-refractivity contribution in [2.45, 2.75) is 12.5 Å². The van der Waals surface area contributed by atoms with Gasteiger partial charge in [0.15, 0.2) is 0 Å². The summed E-state index contributed by atoms with van der Waals surface area (Å²) in [7, 11) is 1.33. The van der Waals surface area contributed by atoms with E-state index < -0.39 is 5.92 Å². The number of carbonyl (C=O) groups excluding carboxylic acids is 2. The third-order valence-corrected chi connectivity index (χ3v) is 5.37. The van der Waals surface area contributed by atoms with Crippen molar-refractivity contribution < 1.29 is 24.5 Å². The number of carbonyl (C=O) groups is 2. The topological polar surface area (TPSA) is 116 Å². The maximum atomic E-state index is 13.3. The number of aliphatic hydroxyl groups excluding tert-OH is 1. The number of fused-ring (bicyclic) bond motifs is 1. The number of ether oxygens (including phenoxy) is 1. The molecule has 150 valence electrons. The smallest absolute Gasteiger partial charge is 0.311 e. The highest BCUT2D eigenvalue weighted by Crippen LogP contribution is 2.35. The van der Waals surface area contributed by atoms with Gasteiger partial charge in [-0.15, -0.1) is 0 Å². The summed E-state index contributed by atoms with van der Waals surface area (Å²) in [5.74, 6) is -0.825. The third-order valence-electron chi connectivity index (χ3n) is 5.37. The van der Waals surface area contributed by atoms with Crippen molar-refractivity contribution in [3.8, 4) is 5.75 Å². The molecule has 2 atom stereocenters. The summed E-state index contributed by atoms with van der Waals surface area (Å²) < 4.78 is 4.96. The predicted molar refractivity (Wildman–Crippen MR) is 104 cm³/mol. The van der Waals surface area contributed by atoms with Gasteiger partial charge in [-0.1, -0.05) is 18.2 Å². The van der Waals surface area contributed by atoms with Crippen LogP contribution in [0.25, 0.3) is 11.0 Å². The number of hydrogen-bond donors (Lipinski definition) is 3. The molecule has 0 unspecified atom stereocenters. The molecule has 1 saturated heterocycles. The highest BCUT2D eigenvalue weighted by Gasteiger charge is 2.41. The van der Waals surface area contributed by atoms with Crippen molar-refractivity contribution in [2.24, 2.45) is 5.92 Å². The Morgan fingerprint density at radius 1 is 1.21 bits per heavy atom. The lowest BCUT2D eigenvalue weighted by Gasteiger charge is -2.17. The van der Waals surface area contributed by atoms with Crippen molar-refractivity contribution in [1.29, 1.82) is 0 Å². The van der Waals surface area contributed by atoms with Crippen molar-refractivity contribution in [3.05, 3.63) is 59.4 Å². The molecule has 2 heterocycles. The first-order valence-corrected chi connectivity index (χ1v) is 9.26. The molecule has 8 nitrogen and oxygen atoms in total. The maximum absolute atomic E-state index is 13.3. The molecule has 1 aliphatic rings. The van der Waals surface area contributed by atoms with Crippen LogP contribution in [0.5, 0.6) is 5.75 Å². The lowest BCUT2D eigenvalue weighted by Crippen LogP contribution is -2.30. The minimum Gasteiger partial charge on any atom is -0.508 e. The molecule has 1 fully saturated rings. The van der Waals surface area contributed by atoms with Crippen LogP contribution in [0.4, 0.5) is 0 Å². The van der Waals surface area contributed by atoms with E-state index in [1.54, 1.807) is 47.4 Å². The van der Waals surface area contributed by atoms with Gasteiger partial charge in [0.2, 0.25) is 0 Å². The number of esters is 1. The highest BCUT2D eigenvalue weighted by molar-refractivity contribution is 6.05. The molecule has 4 rings (SSSR count). The van der Waals surface area contributed by atoms with Gasteiger partial charge in [-0.05, 0) is 29.8 Å². The maximum Gasteiger partial charge on any atom is 0.311 e. The zero-order chi connectivity index (χ0) is 20.5. The molecule has 0 aliphatic carbocycles. The number of aromatic hydroxyl groups is 1. The summed E-state index contributed by atoms with van der Waals surface area (Å²) in [5, 5.41) is 18.9. The molecule has 29 heavy (non-hydrogen) atoms. The summed E-state index contributed by atoms with van der Waals surface area (Å²) in [5.41, 5.74) is 2.42. The molecule has 0 spiro atoms. The fraction of sp³-hybridized carbons (Fsp3) is 0.286. The quantitative estimate of drug-likeness (QED) is 0.580. The normalized spacial score (nSPS) is 18.9. The number of benzene rings is 2. The van der Waals surface area contributed by atoms with Crippen LogP contribution in [-0.2, 0) is 16.1 Å². The fourth-order valence-corrected chi connectivity index (χ4v) is 3.92. The molecule has 3 N–H and O–H groups in total. The van der Waals surface area contributed by atoms with E-state index in [0.717, 1.165) is 5.56 Å². The molecule has 2 aromatic carbocycles. The summed E-state index contributed by atoms with van der Waals surface area (Å²) in [6.07, 6.45) is 0. The molecule has 1 amide bonds. The monoisotopic (exact) mass is 395 g/mol. The molecule has 3 aromatic rings. The zero-order valence-corrected chi connectivity index (χ0v) is 15.8. The zero-order valence-electron chi connectivity index (χ0n) is 15.8. The van der Waals surface area contributed by atoms with Crippen molar-refractivity contribution >= 4 is 22.9 Å². The van der Waals surface area contributed by atoms with Crippen LogP contribution in [0.2, 0.25) is 0 Å². The van der Waals surface area contributed by atoms with Crippen LogP contribution in [-0.4, -0.2) is 57.2 Å². The Bertz CT molecular complexity index is 1060. The van der Waals surface area contributed by atoms with Gasteiger partial charge < -0.3 is 24.8 Å². The molecule has 0 bridgehead atoms. The molecular weight excluding hydrogens is 374 g/mol. The van der Waals surface area contributed by atoms with Crippen LogP contribution in [0.15, 0.2) is 42.5 Å². The number of likely N-dealkylation sites (tertiary alicyclic amines) is 1. The van der Waals surface area contributed by atoms with E-state index in [4.69, 9.17) is 4.74 Å². The van der Waals surface area contributed by atoms with E-state index in [-0.39, 0.29) is 36.7 Å². The Labute approximate surface area is 166 Å². The number of methoxy groups -OCH3 is 1.